The van der Waals surface area contributed by atoms with Gasteiger partial charge in [0.25, 0.3) is 15.0 Å². The molecule has 0 fully saturated rings. The Morgan fingerprint density at radius 2 is 1.80 bits per heavy atom. The first kappa shape index (κ1) is 16.8. The Balaban J connectivity index is 3.26. The van der Waals surface area contributed by atoms with Crippen LogP contribution in [0, 0.1) is 17.6 Å². The van der Waals surface area contributed by atoms with Crippen molar-refractivity contribution in [3.63, 3.8) is 0 Å². The van der Waals surface area contributed by atoms with Crippen LogP contribution in [-0.4, -0.2) is 20.4 Å². The summed E-state index contributed by atoms with van der Waals surface area (Å²) in [7, 11) is 0.523. The smallest absolute Gasteiger partial charge is 0.264 e. The van der Waals surface area contributed by atoms with Gasteiger partial charge in [-0.3, -0.25) is 4.79 Å². The van der Waals surface area contributed by atoms with Crippen LogP contribution in [0.4, 0.5) is 8.78 Å². The van der Waals surface area contributed by atoms with Gasteiger partial charge < -0.3 is 5.32 Å². The number of carbonyl (C=O) groups is 1. The lowest BCUT2D eigenvalue weighted by molar-refractivity contribution is 0.0925. The lowest BCUT2D eigenvalue weighted by atomic mass is 10.1. The maximum atomic E-state index is 14.0. The molecule has 112 valence electrons. The summed E-state index contributed by atoms with van der Waals surface area (Å²) in [4.78, 5) is 10.8. The Bertz CT molecular complexity index is 632. The lowest BCUT2D eigenvalue weighted by Gasteiger charge is -2.18. The van der Waals surface area contributed by atoms with E-state index in [2.05, 4.69) is 5.32 Å². The van der Waals surface area contributed by atoms with Crippen LogP contribution in [0.15, 0.2) is 17.0 Å². The van der Waals surface area contributed by atoms with Crippen LogP contribution in [0.3, 0.4) is 0 Å². The second-order valence-electron chi connectivity index (χ2n) is 4.71. The summed E-state index contributed by atoms with van der Waals surface area (Å²) in [5, 5.41) is 2.46. The molecule has 0 saturated heterocycles. The first-order valence-corrected chi connectivity index (χ1v) is 8.09. The van der Waals surface area contributed by atoms with E-state index in [9.17, 15) is 22.0 Å². The van der Waals surface area contributed by atoms with E-state index in [-0.39, 0.29) is 12.0 Å². The van der Waals surface area contributed by atoms with Gasteiger partial charge in [-0.25, -0.2) is 17.2 Å². The molecule has 0 aromatic heterocycles. The summed E-state index contributed by atoms with van der Waals surface area (Å²) in [6.45, 7) is 5.36. The summed E-state index contributed by atoms with van der Waals surface area (Å²) < 4.78 is 49.6. The average molecular weight is 326 g/mol. The first-order valence-electron chi connectivity index (χ1n) is 5.78. The summed E-state index contributed by atoms with van der Waals surface area (Å²) in [6.07, 6.45) is 0. The molecule has 0 bridgehead atoms. The Hall–Kier alpha value is -1.21. The number of benzene rings is 1. The van der Waals surface area contributed by atoms with Crippen molar-refractivity contribution < 1.29 is 22.0 Å². The summed E-state index contributed by atoms with van der Waals surface area (Å²) in [5.74, 6) is -3.25. The molecule has 1 amide bonds. The molecular formula is C12H14ClF2NO3S. The van der Waals surface area contributed by atoms with Crippen LogP contribution in [0.2, 0.25) is 0 Å². The molecule has 0 aliphatic rings. The fraction of sp³-hybridized carbons (Fsp3) is 0.417. The molecule has 1 rings (SSSR count). The third kappa shape index (κ3) is 3.89. The lowest BCUT2D eigenvalue weighted by Crippen LogP contribution is -2.36. The molecule has 1 atom stereocenters. The Labute approximate surface area is 120 Å². The monoisotopic (exact) mass is 325 g/mol. The third-order valence-corrected chi connectivity index (χ3v) is 4.19. The minimum Gasteiger partial charge on any atom is -0.349 e. The van der Waals surface area contributed by atoms with Crippen molar-refractivity contribution in [3.8, 4) is 0 Å². The number of hydrogen-bond acceptors (Lipinski definition) is 3. The van der Waals surface area contributed by atoms with Gasteiger partial charge in [0.15, 0.2) is 5.82 Å². The van der Waals surface area contributed by atoms with E-state index in [1.165, 1.54) is 0 Å². The van der Waals surface area contributed by atoms with Gasteiger partial charge >= 0.3 is 0 Å². The number of amides is 1. The van der Waals surface area contributed by atoms with Gasteiger partial charge in [0.2, 0.25) is 0 Å². The zero-order valence-corrected chi connectivity index (χ0v) is 12.6. The van der Waals surface area contributed by atoms with Crippen molar-refractivity contribution in [2.45, 2.75) is 31.7 Å². The van der Waals surface area contributed by atoms with Gasteiger partial charge in [-0.05, 0) is 25.0 Å². The van der Waals surface area contributed by atoms with E-state index in [0.717, 1.165) is 0 Å². The average Bonchev–Trinajstić information content (AvgIpc) is 2.29. The second-order valence-corrected chi connectivity index (χ2v) is 7.24. The zero-order chi connectivity index (χ0) is 15.7. The second kappa shape index (κ2) is 6.05. The topological polar surface area (TPSA) is 63.2 Å². The van der Waals surface area contributed by atoms with E-state index in [4.69, 9.17) is 10.7 Å². The highest BCUT2D eigenvalue weighted by molar-refractivity contribution is 8.13. The van der Waals surface area contributed by atoms with Crippen molar-refractivity contribution in [3.05, 3.63) is 29.3 Å². The number of halogens is 3. The fourth-order valence-corrected chi connectivity index (χ4v) is 2.27. The molecule has 0 heterocycles. The highest BCUT2D eigenvalue weighted by Gasteiger charge is 2.25. The quantitative estimate of drug-likeness (QED) is 0.866. The largest absolute Gasteiger partial charge is 0.349 e. The summed E-state index contributed by atoms with van der Waals surface area (Å²) in [5.41, 5.74) is -0.697. The van der Waals surface area contributed by atoms with E-state index in [1.807, 2.05) is 13.8 Å². The SMILES string of the molecule is CC(C)C(C)NC(=O)c1cc(F)cc(S(=O)(=O)Cl)c1F. The van der Waals surface area contributed by atoms with Gasteiger partial charge in [-0.1, -0.05) is 13.8 Å². The normalized spacial score (nSPS) is 13.3. The Morgan fingerprint density at radius 3 is 2.25 bits per heavy atom. The van der Waals surface area contributed by atoms with Crippen LogP contribution >= 0.6 is 10.7 Å². The molecule has 0 spiro atoms. The van der Waals surface area contributed by atoms with Crippen molar-refractivity contribution in [1.82, 2.24) is 5.32 Å². The molecule has 0 saturated carbocycles. The maximum Gasteiger partial charge on any atom is 0.264 e. The molecular weight excluding hydrogens is 312 g/mol. The molecule has 1 N–H and O–H groups in total. The molecule has 1 unspecified atom stereocenters. The van der Waals surface area contributed by atoms with Gasteiger partial charge in [0.1, 0.15) is 10.7 Å². The number of rotatable bonds is 4. The Kier molecular flexibility index (Phi) is 5.10. The standard InChI is InChI=1S/C12H14ClF2NO3S/c1-6(2)7(3)16-12(17)9-4-8(14)5-10(11(9)15)20(13,18)19/h4-7H,1-3H3,(H,16,17). The zero-order valence-electron chi connectivity index (χ0n) is 11.1. The molecule has 1 aromatic rings. The van der Waals surface area contributed by atoms with Crippen molar-refractivity contribution in [2.24, 2.45) is 5.92 Å². The first-order chi connectivity index (χ1) is 9.04. The van der Waals surface area contributed by atoms with Crippen LogP contribution < -0.4 is 5.32 Å². The molecule has 1 aromatic carbocycles. The number of carbonyl (C=O) groups excluding carboxylic acids is 1. The molecule has 4 nitrogen and oxygen atoms in total. The molecule has 0 aliphatic heterocycles. The van der Waals surface area contributed by atoms with Crippen LogP contribution in [-0.2, 0) is 9.05 Å². The highest BCUT2D eigenvalue weighted by atomic mass is 35.7. The van der Waals surface area contributed by atoms with Gasteiger partial charge in [0.05, 0.1) is 5.56 Å². The minimum atomic E-state index is -4.48. The predicted octanol–water partition coefficient (Wildman–Crippen LogP) is 2.67. The van der Waals surface area contributed by atoms with E-state index < -0.39 is 37.1 Å². The molecule has 8 heteroatoms. The van der Waals surface area contributed by atoms with Crippen LogP contribution in [0.1, 0.15) is 31.1 Å². The maximum absolute atomic E-state index is 14.0. The molecule has 20 heavy (non-hydrogen) atoms. The Morgan fingerprint density at radius 1 is 1.25 bits per heavy atom. The van der Waals surface area contributed by atoms with E-state index >= 15 is 0 Å². The van der Waals surface area contributed by atoms with E-state index in [0.29, 0.717) is 12.1 Å². The fourth-order valence-electron chi connectivity index (χ4n) is 1.36. The predicted molar refractivity (Wildman–Crippen MR) is 71.2 cm³/mol. The number of hydrogen-bond donors (Lipinski definition) is 1. The van der Waals surface area contributed by atoms with E-state index in [1.54, 1.807) is 6.92 Å². The third-order valence-electron chi connectivity index (χ3n) is 2.87. The molecule has 0 aliphatic carbocycles. The van der Waals surface area contributed by atoms with Crippen molar-refractivity contribution in [2.75, 3.05) is 0 Å². The van der Waals surface area contributed by atoms with Gasteiger partial charge in [-0.2, -0.15) is 0 Å². The van der Waals surface area contributed by atoms with Gasteiger partial charge in [-0.15, -0.1) is 0 Å². The highest BCUT2D eigenvalue weighted by Crippen LogP contribution is 2.23. The van der Waals surface area contributed by atoms with Crippen molar-refractivity contribution in [1.29, 1.82) is 0 Å². The summed E-state index contributed by atoms with van der Waals surface area (Å²) in [6, 6.07) is 0.769. The van der Waals surface area contributed by atoms with Crippen molar-refractivity contribution >= 4 is 25.6 Å². The van der Waals surface area contributed by atoms with Gasteiger partial charge in [0, 0.05) is 16.7 Å². The minimum absolute atomic E-state index is 0.0757. The number of nitrogens with one attached hydrogen (secondary N) is 1. The summed E-state index contributed by atoms with van der Waals surface area (Å²) >= 11 is 0. The van der Waals surface area contributed by atoms with Crippen LogP contribution in [0.25, 0.3) is 0 Å². The van der Waals surface area contributed by atoms with Crippen LogP contribution in [0.5, 0.6) is 0 Å². The molecule has 0 radical (unpaired) electrons.